The molecule has 1 amide bonds. The van der Waals surface area contributed by atoms with Gasteiger partial charge in [-0.15, -0.1) is 6.58 Å². The summed E-state index contributed by atoms with van der Waals surface area (Å²) < 4.78 is 1.63. The molecule has 0 aliphatic carbocycles. The van der Waals surface area contributed by atoms with Gasteiger partial charge < -0.3 is 10.4 Å². The van der Waals surface area contributed by atoms with Crippen molar-refractivity contribution >= 4 is 17.7 Å². The van der Waals surface area contributed by atoms with E-state index < -0.39 is 12.0 Å². The van der Waals surface area contributed by atoms with Gasteiger partial charge in [0.15, 0.2) is 0 Å². The lowest BCUT2D eigenvalue weighted by atomic mass is 10.1. The van der Waals surface area contributed by atoms with E-state index >= 15 is 0 Å². The molecule has 2 N–H and O–H groups in total. The van der Waals surface area contributed by atoms with E-state index in [0.29, 0.717) is 25.0 Å². The van der Waals surface area contributed by atoms with Gasteiger partial charge in [-0.1, -0.05) is 6.08 Å². The van der Waals surface area contributed by atoms with Crippen molar-refractivity contribution in [1.29, 1.82) is 0 Å². The van der Waals surface area contributed by atoms with Gasteiger partial charge in [-0.2, -0.15) is 10.1 Å². The van der Waals surface area contributed by atoms with E-state index in [0.717, 1.165) is 17.0 Å². The molecule has 1 atom stereocenters. The smallest absolute Gasteiger partial charge is 0.326 e. The number of hydrogen-bond donors (Lipinski definition) is 2. The molecule has 2 aromatic rings. The summed E-state index contributed by atoms with van der Waals surface area (Å²) in [7, 11) is 0. The van der Waals surface area contributed by atoms with Crippen LogP contribution in [0.15, 0.2) is 19.0 Å². The highest BCUT2D eigenvalue weighted by atomic mass is 16.4. The minimum atomic E-state index is -1.04. The van der Waals surface area contributed by atoms with Crippen molar-refractivity contribution in [2.45, 2.75) is 45.6 Å². The van der Waals surface area contributed by atoms with Crippen LogP contribution in [0.1, 0.15) is 36.2 Å². The van der Waals surface area contributed by atoms with E-state index in [4.69, 9.17) is 5.11 Å². The first-order valence-electron chi connectivity index (χ1n) is 7.73. The molecule has 2 heterocycles. The number of nitrogens with one attached hydrogen (secondary N) is 1. The second kappa shape index (κ2) is 7.67. The molecule has 0 saturated heterocycles. The van der Waals surface area contributed by atoms with Gasteiger partial charge in [0.2, 0.25) is 5.91 Å². The zero-order chi connectivity index (χ0) is 17.7. The first kappa shape index (κ1) is 17.6. The molecule has 8 nitrogen and oxygen atoms in total. The second-order valence-electron chi connectivity index (χ2n) is 5.56. The third-order valence-corrected chi connectivity index (χ3v) is 3.88. The molecule has 0 aromatic carbocycles. The van der Waals surface area contributed by atoms with Crippen LogP contribution in [-0.2, 0) is 16.0 Å². The third-order valence-electron chi connectivity index (χ3n) is 3.88. The maximum absolute atomic E-state index is 12.1. The molecule has 0 aliphatic rings. The molecule has 0 saturated carbocycles. The fourth-order valence-corrected chi connectivity index (χ4v) is 2.56. The molecule has 0 radical (unpaired) electrons. The van der Waals surface area contributed by atoms with Crippen LogP contribution in [0.3, 0.4) is 0 Å². The Kier molecular flexibility index (Phi) is 5.62. The van der Waals surface area contributed by atoms with Gasteiger partial charge in [0, 0.05) is 17.8 Å². The number of carbonyl (C=O) groups excluding carboxylic acids is 1. The first-order valence-corrected chi connectivity index (χ1v) is 7.73. The number of allylic oxidation sites excluding steroid dienone is 1. The summed E-state index contributed by atoms with van der Waals surface area (Å²) in [4.78, 5) is 31.6. The summed E-state index contributed by atoms with van der Waals surface area (Å²) in [6.45, 7) is 7.32. The number of carboxylic acid groups (broad SMARTS) is 1. The lowest BCUT2D eigenvalue weighted by molar-refractivity contribution is -0.142. The number of amides is 1. The Balaban J connectivity index is 2.03. The van der Waals surface area contributed by atoms with Crippen molar-refractivity contribution in [3.05, 3.63) is 35.9 Å². The Labute approximate surface area is 139 Å². The molecule has 1 unspecified atom stereocenters. The number of carbonyl (C=O) groups is 2. The Bertz CT molecular complexity index is 768. The highest BCUT2D eigenvalue weighted by Crippen LogP contribution is 2.15. The Morgan fingerprint density at radius 3 is 2.88 bits per heavy atom. The number of aliphatic carboxylic acids is 1. The van der Waals surface area contributed by atoms with E-state index in [2.05, 4.69) is 27.0 Å². The Hall–Kier alpha value is -2.77. The van der Waals surface area contributed by atoms with E-state index in [1.807, 2.05) is 13.8 Å². The third kappa shape index (κ3) is 3.95. The molecule has 128 valence electrons. The van der Waals surface area contributed by atoms with Crippen LogP contribution >= 0.6 is 0 Å². The van der Waals surface area contributed by atoms with Crippen LogP contribution in [0.2, 0.25) is 0 Å². The molecular weight excluding hydrogens is 310 g/mol. The van der Waals surface area contributed by atoms with Crippen LogP contribution in [0, 0.1) is 13.8 Å². The second-order valence-corrected chi connectivity index (χ2v) is 5.56. The predicted molar refractivity (Wildman–Crippen MR) is 87.6 cm³/mol. The lowest BCUT2D eigenvalue weighted by Gasteiger charge is -2.14. The molecule has 0 spiro atoms. The highest BCUT2D eigenvalue weighted by Gasteiger charge is 2.19. The van der Waals surface area contributed by atoms with Crippen LogP contribution in [0.5, 0.6) is 0 Å². The standard InChI is InChI=1S/C16H21N5O3/c1-4-5-6-13(15(23)24)20-14(22)8-7-12-10(2)19-16-17-9-18-21(16)11(12)3/h4,9,13H,1,5-8H2,2-3H3,(H,20,22)(H,23,24). The van der Waals surface area contributed by atoms with Crippen molar-refractivity contribution in [2.75, 3.05) is 0 Å². The summed E-state index contributed by atoms with van der Waals surface area (Å²) in [6.07, 6.45) is 4.56. The van der Waals surface area contributed by atoms with Gasteiger partial charge >= 0.3 is 5.97 Å². The summed E-state index contributed by atoms with van der Waals surface area (Å²) in [5.41, 5.74) is 2.59. The quantitative estimate of drug-likeness (QED) is 0.704. The number of hydrogen-bond acceptors (Lipinski definition) is 5. The van der Waals surface area contributed by atoms with Crippen LogP contribution in [0.4, 0.5) is 0 Å². The van der Waals surface area contributed by atoms with Gasteiger partial charge in [0.05, 0.1) is 0 Å². The molecular formula is C16H21N5O3. The topological polar surface area (TPSA) is 109 Å². The highest BCUT2D eigenvalue weighted by molar-refractivity contribution is 5.83. The van der Waals surface area contributed by atoms with Gasteiger partial charge in [-0.05, 0) is 38.7 Å². The average Bonchev–Trinajstić information content (AvgIpc) is 2.99. The minimum absolute atomic E-state index is 0.182. The molecule has 0 fully saturated rings. The Morgan fingerprint density at radius 1 is 1.46 bits per heavy atom. The fraction of sp³-hybridized carbons (Fsp3) is 0.438. The van der Waals surface area contributed by atoms with E-state index in [-0.39, 0.29) is 12.3 Å². The SMILES string of the molecule is C=CCCC(NC(=O)CCc1c(C)nc2ncnn2c1C)C(=O)O. The maximum atomic E-state index is 12.1. The molecule has 0 bridgehead atoms. The van der Waals surface area contributed by atoms with Gasteiger partial charge in [-0.25, -0.2) is 14.3 Å². The average molecular weight is 331 g/mol. The number of nitrogens with zero attached hydrogens (tertiary/aromatic N) is 4. The van der Waals surface area contributed by atoms with Crippen molar-refractivity contribution in [3.63, 3.8) is 0 Å². The number of aryl methyl sites for hydroxylation is 2. The monoisotopic (exact) mass is 331 g/mol. The molecule has 24 heavy (non-hydrogen) atoms. The van der Waals surface area contributed by atoms with E-state index in [1.165, 1.54) is 6.33 Å². The zero-order valence-corrected chi connectivity index (χ0v) is 13.8. The summed E-state index contributed by atoms with van der Waals surface area (Å²) >= 11 is 0. The number of aromatic nitrogens is 4. The lowest BCUT2D eigenvalue weighted by Crippen LogP contribution is -2.40. The number of rotatable bonds is 8. The number of carboxylic acids is 1. The van der Waals surface area contributed by atoms with Gasteiger partial charge in [0.25, 0.3) is 5.78 Å². The molecule has 0 aliphatic heterocycles. The zero-order valence-electron chi connectivity index (χ0n) is 13.8. The van der Waals surface area contributed by atoms with Crippen molar-refractivity contribution in [1.82, 2.24) is 24.9 Å². The van der Waals surface area contributed by atoms with Crippen LogP contribution in [0.25, 0.3) is 5.78 Å². The summed E-state index contributed by atoms with van der Waals surface area (Å²) in [5.74, 6) is -0.819. The normalized spacial score (nSPS) is 12.1. The van der Waals surface area contributed by atoms with E-state index in [1.54, 1.807) is 10.6 Å². The van der Waals surface area contributed by atoms with E-state index in [9.17, 15) is 9.59 Å². The van der Waals surface area contributed by atoms with Gasteiger partial charge in [0.1, 0.15) is 12.4 Å². The maximum Gasteiger partial charge on any atom is 0.326 e. The van der Waals surface area contributed by atoms with Gasteiger partial charge in [-0.3, -0.25) is 4.79 Å². The molecule has 2 aromatic heterocycles. The van der Waals surface area contributed by atoms with Crippen molar-refractivity contribution in [3.8, 4) is 0 Å². The van der Waals surface area contributed by atoms with Crippen molar-refractivity contribution < 1.29 is 14.7 Å². The van der Waals surface area contributed by atoms with Crippen LogP contribution < -0.4 is 5.32 Å². The summed E-state index contributed by atoms with van der Waals surface area (Å²) in [6, 6.07) is -0.895. The Morgan fingerprint density at radius 2 is 2.21 bits per heavy atom. The predicted octanol–water partition coefficient (Wildman–Crippen LogP) is 1.21. The number of fused-ring (bicyclic) bond motifs is 1. The first-order chi connectivity index (χ1) is 11.4. The van der Waals surface area contributed by atoms with Crippen molar-refractivity contribution in [2.24, 2.45) is 0 Å². The molecule has 8 heteroatoms. The summed E-state index contributed by atoms with van der Waals surface area (Å²) in [5, 5.41) is 15.8. The largest absolute Gasteiger partial charge is 0.480 e. The molecule has 2 rings (SSSR count). The van der Waals surface area contributed by atoms with Crippen LogP contribution in [-0.4, -0.2) is 42.6 Å². The fourth-order valence-electron chi connectivity index (χ4n) is 2.56. The minimum Gasteiger partial charge on any atom is -0.480 e.